The second-order valence-corrected chi connectivity index (χ2v) is 9.84. The fourth-order valence-electron chi connectivity index (χ4n) is 7.51. The lowest BCUT2D eigenvalue weighted by molar-refractivity contribution is -0.126. The second-order valence-electron chi connectivity index (χ2n) is 9.84. The van der Waals surface area contributed by atoms with Gasteiger partial charge >= 0.3 is 0 Å². The first-order valence-corrected chi connectivity index (χ1v) is 10.4. The van der Waals surface area contributed by atoms with Crippen LogP contribution >= 0.6 is 0 Å². The van der Waals surface area contributed by atoms with Crippen molar-refractivity contribution in [3.05, 3.63) is 0 Å². The van der Waals surface area contributed by atoms with Gasteiger partial charge in [0.15, 0.2) is 0 Å². The summed E-state index contributed by atoms with van der Waals surface area (Å²) in [6, 6.07) is 0.360. The van der Waals surface area contributed by atoms with E-state index in [1.807, 2.05) is 0 Å². The van der Waals surface area contributed by atoms with Gasteiger partial charge in [0.2, 0.25) is 11.8 Å². The Labute approximate surface area is 151 Å². The van der Waals surface area contributed by atoms with Gasteiger partial charge in [0.1, 0.15) is 0 Å². The lowest BCUT2D eigenvalue weighted by atomic mass is 9.46. The topological polar surface area (TPSA) is 58.2 Å². The molecule has 1 saturated heterocycles. The first-order chi connectivity index (χ1) is 11.8. The zero-order valence-electron chi connectivity index (χ0n) is 16.1. The van der Waals surface area contributed by atoms with E-state index >= 15 is 0 Å². The number of amides is 2. The molecule has 1 aliphatic heterocycles. The maximum absolute atomic E-state index is 12.1. The van der Waals surface area contributed by atoms with Crippen LogP contribution in [0.15, 0.2) is 0 Å². The van der Waals surface area contributed by atoms with Crippen molar-refractivity contribution in [3.8, 4) is 0 Å². The number of carbonyl (C=O) groups is 2. The number of carbonyl (C=O) groups excluding carboxylic acids is 2. The summed E-state index contributed by atoms with van der Waals surface area (Å²) >= 11 is 0. The van der Waals surface area contributed by atoms with E-state index < -0.39 is 0 Å². The van der Waals surface area contributed by atoms with Crippen molar-refractivity contribution in [2.75, 3.05) is 6.54 Å². The van der Waals surface area contributed by atoms with E-state index in [1.54, 1.807) is 6.92 Å². The van der Waals surface area contributed by atoms with Gasteiger partial charge in [0.05, 0.1) is 0 Å². The molecule has 0 unspecified atom stereocenters. The van der Waals surface area contributed by atoms with Gasteiger partial charge in [-0.05, 0) is 79.4 Å². The first-order valence-electron chi connectivity index (χ1n) is 10.4. The van der Waals surface area contributed by atoms with Gasteiger partial charge in [-0.15, -0.1) is 0 Å². The summed E-state index contributed by atoms with van der Waals surface area (Å²) in [6.45, 7) is 7.43. The Kier molecular flexibility index (Phi) is 4.16. The van der Waals surface area contributed by atoms with Crippen LogP contribution in [0.2, 0.25) is 0 Å². The maximum atomic E-state index is 12.1. The molecule has 4 rings (SSSR count). The third kappa shape index (κ3) is 2.62. The van der Waals surface area contributed by atoms with E-state index in [0.717, 1.165) is 43.6 Å². The van der Waals surface area contributed by atoms with Crippen molar-refractivity contribution in [1.29, 1.82) is 0 Å². The number of rotatable bonds is 1. The highest BCUT2D eigenvalue weighted by Crippen LogP contribution is 2.65. The Balaban J connectivity index is 1.59. The molecule has 0 aromatic heterocycles. The van der Waals surface area contributed by atoms with Gasteiger partial charge < -0.3 is 10.6 Å². The van der Waals surface area contributed by atoms with Crippen molar-refractivity contribution in [3.63, 3.8) is 0 Å². The molecule has 25 heavy (non-hydrogen) atoms. The van der Waals surface area contributed by atoms with Crippen molar-refractivity contribution in [1.82, 2.24) is 10.6 Å². The number of hydrogen-bond donors (Lipinski definition) is 2. The molecule has 1 heterocycles. The standard InChI is InChI=1S/C21H34N2O2/c1-13(24)23-18-7-6-16-15-5-4-14-12-19(25)22-11-10-20(14,2)17(15)8-9-21(16,18)3/h14-18H,4-12H2,1-3H3,(H,22,25)(H,23,24)/t14-,15+,16-,17+,18+,20-,21-/m0/s1. The van der Waals surface area contributed by atoms with Gasteiger partial charge in [-0.3, -0.25) is 9.59 Å². The minimum absolute atomic E-state index is 0.123. The highest BCUT2D eigenvalue weighted by Gasteiger charge is 2.59. The van der Waals surface area contributed by atoms with E-state index in [4.69, 9.17) is 0 Å². The van der Waals surface area contributed by atoms with Gasteiger partial charge in [-0.1, -0.05) is 13.8 Å². The molecule has 0 aromatic carbocycles. The van der Waals surface area contributed by atoms with E-state index in [1.165, 1.54) is 32.1 Å². The van der Waals surface area contributed by atoms with Crippen LogP contribution in [0, 0.1) is 34.5 Å². The smallest absolute Gasteiger partial charge is 0.220 e. The van der Waals surface area contributed by atoms with Gasteiger partial charge in [0.25, 0.3) is 0 Å². The van der Waals surface area contributed by atoms with Crippen LogP contribution < -0.4 is 10.6 Å². The summed E-state index contributed by atoms with van der Waals surface area (Å²) in [4.78, 5) is 23.7. The zero-order chi connectivity index (χ0) is 17.8. The molecule has 4 heteroatoms. The third-order valence-electron chi connectivity index (χ3n) is 8.86. The fraction of sp³-hybridized carbons (Fsp3) is 0.905. The Morgan fingerprint density at radius 3 is 2.56 bits per heavy atom. The molecule has 7 atom stereocenters. The highest BCUT2D eigenvalue weighted by molar-refractivity contribution is 5.76. The third-order valence-corrected chi connectivity index (χ3v) is 8.86. The second kappa shape index (κ2) is 5.99. The molecule has 140 valence electrons. The quantitative estimate of drug-likeness (QED) is 0.766. The predicted octanol–water partition coefficient (Wildman–Crippen LogP) is 3.26. The molecule has 0 aromatic rings. The molecule has 4 nitrogen and oxygen atoms in total. The summed E-state index contributed by atoms with van der Waals surface area (Å²) in [6.07, 6.45) is 9.28. The van der Waals surface area contributed by atoms with Crippen LogP contribution in [-0.4, -0.2) is 24.4 Å². The van der Waals surface area contributed by atoms with E-state index in [-0.39, 0.29) is 17.2 Å². The normalized spacial score (nSPS) is 49.2. The maximum Gasteiger partial charge on any atom is 0.220 e. The molecule has 0 bridgehead atoms. The fourth-order valence-corrected chi connectivity index (χ4v) is 7.51. The summed E-state index contributed by atoms with van der Waals surface area (Å²) < 4.78 is 0. The molecular weight excluding hydrogens is 312 g/mol. The Bertz CT molecular complexity index is 576. The minimum atomic E-state index is 0.123. The Morgan fingerprint density at radius 2 is 1.80 bits per heavy atom. The van der Waals surface area contributed by atoms with Crippen molar-refractivity contribution < 1.29 is 9.59 Å². The summed E-state index contributed by atoms with van der Waals surface area (Å²) in [5.41, 5.74) is 0.588. The van der Waals surface area contributed by atoms with E-state index in [9.17, 15) is 9.59 Å². The van der Waals surface area contributed by atoms with Crippen molar-refractivity contribution in [2.24, 2.45) is 34.5 Å². The molecule has 3 aliphatic carbocycles. The number of fused-ring (bicyclic) bond motifs is 5. The summed E-state index contributed by atoms with van der Waals surface area (Å²) in [5.74, 6) is 3.23. The van der Waals surface area contributed by atoms with Crippen molar-refractivity contribution in [2.45, 2.75) is 78.2 Å². The Morgan fingerprint density at radius 1 is 1.04 bits per heavy atom. The average molecular weight is 347 g/mol. The van der Waals surface area contributed by atoms with Crippen LogP contribution in [0.4, 0.5) is 0 Å². The highest BCUT2D eigenvalue weighted by atomic mass is 16.2. The van der Waals surface area contributed by atoms with E-state index in [2.05, 4.69) is 24.5 Å². The predicted molar refractivity (Wildman–Crippen MR) is 97.7 cm³/mol. The molecule has 4 fully saturated rings. The first kappa shape index (κ1) is 17.4. The van der Waals surface area contributed by atoms with Gasteiger partial charge in [0, 0.05) is 25.9 Å². The van der Waals surface area contributed by atoms with Gasteiger partial charge in [-0.2, -0.15) is 0 Å². The summed E-state index contributed by atoms with van der Waals surface area (Å²) in [7, 11) is 0. The monoisotopic (exact) mass is 346 g/mol. The molecule has 0 radical (unpaired) electrons. The Hall–Kier alpha value is -1.06. The van der Waals surface area contributed by atoms with Crippen LogP contribution in [0.5, 0.6) is 0 Å². The lowest BCUT2D eigenvalue weighted by Gasteiger charge is -2.58. The van der Waals surface area contributed by atoms with Crippen LogP contribution in [-0.2, 0) is 9.59 Å². The molecule has 4 aliphatic rings. The van der Waals surface area contributed by atoms with Crippen molar-refractivity contribution >= 4 is 11.8 Å². The summed E-state index contributed by atoms with van der Waals surface area (Å²) in [5, 5.41) is 6.38. The molecular formula is C21H34N2O2. The molecule has 0 spiro atoms. The van der Waals surface area contributed by atoms with Crippen LogP contribution in [0.1, 0.15) is 72.1 Å². The molecule has 3 saturated carbocycles. The molecule has 2 N–H and O–H groups in total. The van der Waals surface area contributed by atoms with Crippen LogP contribution in [0.25, 0.3) is 0 Å². The van der Waals surface area contributed by atoms with Gasteiger partial charge in [-0.25, -0.2) is 0 Å². The molecule has 2 amide bonds. The average Bonchev–Trinajstić information content (AvgIpc) is 2.77. The van der Waals surface area contributed by atoms with E-state index in [0.29, 0.717) is 17.4 Å². The number of hydrogen-bond acceptors (Lipinski definition) is 2. The number of nitrogens with one attached hydrogen (secondary N) is 2. The zero-order valence-corrected chi connectivity index (χ0v) is 16.1. The largest absolute Gasteiger partial charge is 0.356 e. The lowest BCUT2D eigenvalue weighted by Crippen LogP contribution is -2.54. The van der Waals surface area contributed by atoms with Crippen LogP contribution in [0.3, 0.4) is 0 Å². The SMILES string of the molecule is CC(=O)N[C@@H]1CC[C@H]2[C@H]3CC[C@H]4CC(=O)NCC[C@]4(C)[C@@H]3CC[C@]12C. The minimum Gasteiger partial charge on any atom is -0.356 e.